The number of piperidine rings is 1. The third-order valence-corrected chi connectivity index (χ3v) is 5.16. The average Bonchev–Trinajstić information content (AvgIpc) is 2.95. The van der Waals surface area contributed by atoms with Crippen molar-refractivity contribution in [3.05, 3.63) is 29.6 Å². The minimum atomic E-state index is -0.00361. The summed E-state index contributed by atoms with van der Waals surface area (Å²) in [6, 6.07) is 4.89. The fourth-order valence-electron chi connectivity index (χ4n) is 3.52. The van der Waals surface area contributed by atoms with Crippen LogP contribution in [0.25, 0.3) is 0 Å². The van der Waals surface area contributed by atoms with Crippen molar-refractivity contribution in [1.82, 2.24) is 15.2 Å². The van der Waals surface area contributed by atoms with Crippen LogP contribution in [0.1, 0.15) is 41.7 Å². The Morgan fingerprint density at radius 3 is 3.24 bits per heavy atom. The lowest BCUT2D eigenvalue weighted by Gasteiger charge is -2.35. The van der Waals surface area contributed by atoms with Crippen LogP contribution in [0.5, 0.6) is 0 Å². The number of hydrogen-bond acceptors (Lipinski definition) is 4. The van der Waals surface area contributed by atoms with Gasteiger partial charge in [0, 0.05) is 30.6 Å². The molecule has 0 aliphatic carbocycles. The van der Waals surface area contributed by atoms with Crippen molar-refractivity contribution >= 4 is 17.7 Å². The maximum Gasteiger partial charge on any atom is 0.270 e. The topological polar surface area (TPSA) is 45.2 Å². The van der Waals surface area contributed by atoms with Gasteiger partial charge in [-0.05, 0) is 50.1 Å². The Morgan fingerprint density at radius 2 is 2.38 bits per heavy atom. The molecule has 2 fully saturated rings. The predicted molar refractivity (Wildman–Crippen MR) is 86.5 cm³/mol. The Morgan fingerprint density at radius 1 is 1.48 bits per heavy atom. The summed E-state index contributed by atoms with van der Waals surface area (Å²) in [6.45, 7) is 2.36. The summed E-state index contributed by atoms with van der Waals surface area (Å²) in [4.78, 5) is 19.4. The van der Waals surface area contributed by atoms with Crippen molar-refractivity contribution in [2.24, 2.45) is 0 Å². The Bertz CT molecular complexity index is 508. The van der Waals surface area contributed by atoms with Crippen LogP contribution in [0.15, 0.2) is 18.3 Å². The highest BCUT2D eigenvalue weighted by Crippen LogP contribution is 2.27. The maximum atomic E-state index is 12.5. The molecule has 1 aromatic heterocycles. The second-order valence-electron chi connectivity index (χ2n) is 5.97. The Labute approximate surface area is 130 Å². The molecule has 2 atom stereocenters. The van der Waals surface area contributed by atoms with Crippen LogP contribution < -0.4 is 5.32 Å². The number of hydrogen-bond donors (Lipinski definition) is 1. The Hall–Kier alpha value is -1.07. The summed E-state index contributed by atoms with van der Waals surface area (Å²) in [5.41, 5.74) is 1.63. The number of pyridine rings is 1. The van der Waals surface area contributed by atoms with Crippen molar-refractivity contribution in [2.45, 2.75) is 43.5 Å². The molecular formula is C16H23N3OS. The normalized spacial score (nSPS) is 25.6. The van der Waals surface area contributed by atoms with Crippen LogP contribution >= 0.6 is 11.8 Å². The summed E-state index contributed by atoms with van der Waals surface area (Å²) < 4.78 is 0. The van der Waals surface area contributed by atoms with Gasteiger partial charge in [0.15, 0.2) is 0 Å². The van der Waals surface area contributed by atoms with Crippen LogP contribution in [0.3, 0.4) is 0 Å². The fraction of sp³-hybridized carbons (Fsp3) is 0.625. The van der Waals surface area contributed by atoms with Crippen molar-refractivity contribution in [2.75, 3.05) is 19.3 Å². The third-order valence-electron chi connectivity index (χ3n) is 4.56. The Kier molecular flexibility index (Phi) is 4.80. The zero-order valence-electron chi connectivity index (χ0n) is 12.5. The van der Waals surface area contributed by atoms with Gasteiger partial charge in [-0.1, -0.05) is 6.07 Å². The van der Waals surface area contributed by atoms with E-state index in [1.165, 1.54) is 19.4 Å². The first-order valence-corrected chi connectivity index (χ1v) is 9.15. The number of fused-ring (bicyclic) bond motifs is 1. The van der Waals surface area contributed by atoms with Crippen molar-refractivity contribution in [1.29, 1.82) is 0 Å². The van der Waals surface area contributed by atoms with E-state index >= 15 is 0 Å². The molecule has 2 aliphatic heterocycles. The molecule has 0 spiro atoms. The molecule has 3 rings (SSSR count). The molecule has 0 saturated carbocycles. The van der Waals surface area contributed by atoms with Crippen LogP contribution in [0, 0.1) is 0 Å². The quantitative estimate of drug-likeness (QED) is 0.927. The first kappa shape index (κ1) is 14.9. The van der Waals surface area contributed by atoms with Gasteiger partial charge in [-0.3, -0.25) is 9.78 Å². The summed E-state index contributed by atoms with van der Waals surface area (Å²) in [6.07, 6.45) is 8.50. The highest BCUT2D eigenvalue weighted by molar-refractivity contribution is 7.97. The number of nitrogens with zero attached hydrogens (tertiary/aromatic N) is 2. The van der Waals surface area contributed by atoms with Crippen LogP contribution in [0.2, 0.25) is 0 Å². The monoisotopic (exact) mass is 305 g/mol. The average molecular weight is 305 g/mol. The van der Waals surface area contributed by atoms with E-state index in [2.05, 4.69) is 15.2 Å². The van der Waals surface area contributed by atoms with Crippen LogP contribution in [0.4, 0.5) is 0 Å². The van der Waals surface area contributed by atoms with Crippen molar-refractivity contribution in [3.8, 4) is 0 Å². The molecule has 2 aliphatic rings. The number of nitrogens with one attached hydrogen (secondary N) is 1. The van der Waals surface area contributed by atoms with E-state index in [1.54, 1.807) is 18.0 Å². The molecule has 3 heterocycles. The number of thioether (sulfide) groups is 1. The summed E-state index contributed by atoms with van der Waals surface area (Å²) in [5.74, 6) is 0.827. The van der Waals surface area contributed by atoms with Crippen molar-refractivity contribution < 1.29 is 4.79 Å². The minimum Gasteiger partial charge on any atom is -0.348 e. The van der Waals surface area contributed by atoms with Gasteiger partial charge in [-0.15, -0.1) is 0 Å². The van der Waals surface area contributed by atoms with E-state index < -0.39 is 0 Å². The minimum absolute atomic E-state index is 0.00361. The van der Waals surface area contributed by atoms with E-state index in [9.17, 15) is 4.79 Å². The SMILES string of the molecule is CSCc1cccnc1C(=O)NC1CCN2CCCC2C1. The smallest absolute Gasteiger partial charge is 0.270 e. The standard InChI is InChI=1S/C16H23N3OS/c1-21-11-12-4-2-7-17-15(12)16(20)18-13-6-9-19-8-3-5-14(19)10-13/h2,4,7,13-14H,3,5-6,8-11H2,1H3,(H,18,20). The molecule has 0 radical (unpaired) electrons. The van der Waals surface area contributed by atoms with Gasteiger partial charge in [0.05, 0.1) is 0 Å². The van der Waals surface area contributed by atoms with Crippen LogP contribution in [-0.2, 0) is 5.75 Å². The molecule has 114 valence electrons. The van der Waals surface area contributed by atoms with Crippen LogP contribution in [-0.4, -0.2) is 47.2 Å². The van der Waals surface area contributed by atoms with E-state index in [-0.39, 0.29) is 5.91 Å². The lowest BCUT2D eigenvalue weighted by atomic mass is 9.97. The maximum absolute atomic E-state index is 12.5. The lowest BCUT2D eigenvalue weighted by molar-refractivity contribution is 0.0890. The first-order valence-electron chi connectivity index (χ1n) is 7.75. The van der Waals surface area contributed by atoms with Gasteiger partial charge < -0.3 is 10.2 Å². The lowest BCUT2D eigenvalue weighted by Crippen LogP contribution is -2.47. The van der Waals surface area contributed by atoms with Crippen molar-refractivity contribution in [3.63, 3.8) is 0 Å². The highest BCUT2D eigenvalue weighted by atomic mass is 32.2. The molecule has 0 aromatic carbocycles. The number of rotatable bonds is 4. The zero-order chi connectivity index (χ0) is 14.7. The van der Waals surface area contributed by atoms with Gasteiger partial charge in [0.2, 0.25) is 0 Å². The number of carbonyl (C=O) groups is 1. The summed E-state index contributed by atoms with van der Waals surface area (Å²) >= 11 is 1.72. The van der Waals surface area contributed by atoms with E-state index in [4.69, 9.17) is 0 Å². The molecule has 5 heteroatoms. The number of carbonyl (C=O) groups excluding carboxylic acids is 1. The molecule has 1 N–H and O–H groups in total. The van der Waals surface area contributed by atoms with Gasteiger partial charge >= 0.3 is 0 Å². The van der Waals surface area contributed by atoms with Gasteiger partial charge in [0.25, 0.3) is 5.91 Å². The third kappa shape index (κ3) is 3.40. The molecule has 1 amide bonds. The second-order valence-corrected chi connectivity index (χ2v) is 6.84. The Balaban J connectivity index is 1.63. The summed E-state index contributed by atoms with van der Waals surface area (Å²) in [5, 5.41) is 3.21. The van der Waals surface area contributed by atoms with E-state index in [0.29, 0.717) is 17.8 Å². The molecule has 1 aromatic rings. The molecule has 0 bridgehead atoms. The van der Waals surface area contributed by atoms with Gasteiger partial charge in [-0.2, -0.15) is 11.8 Å². The summed E-state index contributed by atoms with van der Waals surface area (Å²) in [7, 11) is 0. The van der Waals surface area contributed by atoms with E-state index in [0.717, 1.165) is 30.7 Å². The zero-order valence-corrected chi connectivity index (χ0v) is 13.4. The second kappa shape index (κ2) is 6.79. The number of aromatic nitrogens is 1. The molecule has 2 unspecified atom stereocenters. The molecular weight excluding hydrogens is 282 g/mol. The largest absolute Gasteiger partial charge is 0.348 e. The molecule has 21 heavy (non-hydrogen) atoms. The predicted octanol–water partition coefficient (Wildman–Crippen LogP) is 2.30. The van der Waals surface area contributed by atoms with Gasteiger partial charge in [0.1, 0.15) is 5.69 Å². The van der Waals surface area contributed by atoms with E-state index in [1.807, 2.05) is 18.4 Å². The fourth-order valence-corrected chi connectivity index (χ4v) is 4.07. The van der Waals surface area contributed by atoms with Gasteiger partial charge in [-0.25, -0.2) is 0 Å². The first-order chi connectivity index (χ1) is 10.3. The highest BCUT2D eigenvalue weighted by Gasteiger charge is 2.32. The number of amides is 1. The molecule has 2 saturated heterocycles. The molecule has 4 nitrogen and oxygen atoms in total.